The molecule has 0 aromatic heterocycles. The largest absolute Gasteiger partial charge is 0.449 e. The molecule has 1 saturated carbocycles. The molecule has 2 aliphatic rings. The van der Waals surface area contributed by atoms with Crippen molar-refractivity contribution in [1.29, 1.82) is 0 Å². The molecule has 0 aliphatic heterocycles. The van der Waals surface area contributed by atoms with Crippen LogP contribution < -0.4 is 5.32 Å². The average Bonchev–Trinajstić information content (AvgIpc) is 3.14. The highest BCUT2D eigenvalue weighted by atomic mass is 16.5. The maximum atomic E-state index is 11.7. The van der Waals surface area contributed by atoms with Crippen LogP contribution in [0, 0.1) is 29.6 Å². The third-order valence-electron chi connectivity index (χ3n) is 4.53. The minimum atomic E-state index is -0.311. The Morgan fingerprint density at radius 1 is 1.14 bits per heavy atom. The molecule has 0 saturated heterocycles. The molecule has 0 bridgehead atoms. The van der Waals surface area contributed by atoms with E-state index in [1.807, 2.05) is 30.3 Å². The SMILES string of the molecule is O=C(NCc1ccccc1)OCC1[C@H]2CCC#CCC[C@@H]12. The van der Waals surface area contributed by atoms with Gasteiger partial charge in [0.15, 0.2) is 0 Å². The molecule has 1 aromatic rings. The number of fused-ring (bicyclic) bond motifs is 1. The summed E-state index contributed by atoms with van der Waals surface area (Å²) < 4.78 is 5.37. The van der Waals surface area contributed by atoms with Crippen LogP contribution in [-0.2, 0) is 11.3 Å². The molecule has 1 N–H and O–H groups in total. The van der Waals surface area contributed by atoms with Crippen LogP contribution in [0.5, 0.6) is 0 Å². The summed E-state index contributed by atoms with van der Waals surface area (Å²) in [5.74, 6) is 8.39. The van der Waals surface area contributed by atoms with Crippen LogP contribution in [0.25, 0.3) is 0 Å². The Morgan fingerprint density at radius 3 is 2.48 bits per heavy atom. The number of amides is 1. The van der Waals surface area contributed by atoms with Crippen molar-refractivity contribution < 1.29 is 9.53 Å². The predicted octanol–water partition coefficient (Wildman–Crippen LogP) is 3.35. The Balaban J connectivity index is 1.37. The van der Waals surface area contributed by atoms with Gasteiger partial charge in [-0.15, -0.1) is 11.8 Å². The maximum absolute atomic E-state index is 11.7. The van der Waals surface area contributed by atoms with E-state index in [1.54, 1.807) is 0 Å². The van der Waals surface area contributed by atoms with Crippen LogP contribution in [0.4, 0.5) is 4.79 Å². The second-order valence-electron chi connectivity index (χ2n) is 5.86. The molecule has 0 radical (unpaired) electrons. The molecule has 0 heterocycles. The van der Waals surface area contributed by atoms with E-state index in [9.17, 15) is 4.79 Å². The molecule has 1 fully saturated rings. The molecule has 3 nitrogen and oxygen atoms in total. The average molecular weight is 283 g/mol. The summed E-state index contributed by atoms with van der Waals surface area (Å²) >= 11 is 0. The summed E-state index contributed by atoms with van der Waals surface area (Å²) in [6.07, 6.45) is 4.01. The van der Waals surface area contributed by atoms with Gasteiger partial charge in [-0.3, -0.25) is 0 Å². The van der Waals surface area contributed by atoms with Crippen molar-refractivity contribution in [1.82, 2.24) is 5.32 Å². The van der Waals surface area contributed by atoms with Gasteiger partial charge in [-0.25, -0.2) is 4.79 Å². The van der Waals surface area contributed by atoms with Gasteiger partial charge in [-0.2, -0.15) is 0 Å². The molecule has 2 aliphatic carbocycles. The molecule has 110 valence electrons. The second kappa shape index (κ2) is 6.67. The zero-order valence-corrected chi connectivity index (χ0v) is 12.2. The van der Waals surface area contributed by atoms with Crippen molar-refractivity contribution in [3.05, 3.63) is 35.9 Å². The Kier molecular flexibility index (Phi) is 4.45. The number of hydrogen-bond acceptors (Lipinski definition) is 2. The summed E-state index contributed by atoms with van der Waals surface area (Å²) in [6, 6.07) is 9.87. The van der Waals surface area contributed by atoms with Crippen LogP contribution in [0.15, 0.2) is 30.3 Å². The van der Waals surface area contributed by atoms with E-state index in [0.29, 0.717) is 19.1 Å². The number of nitrogens with one attached hydrogen (secondary N) is 1. The summed E-state index contributed by atoms with van der Waals surface area (Å²) in [5.41, 5.74) is 1.08. The minimum Gasteiger partial charge on any atom is -0.449 e. The number of rotatable bonds is 4. The minimum absolute atomic E-state index is 0.311. The maximum Gasteiger partial charge on any atom is 0.407 e. The molecule has 1 aromatic carbocycles. The zero-order valence-electron chi connectivity index (χ0n) is 12.2. The molecule has 3 atom stereocenters. The molecule has 21 heavy (non-hydrogen) atoms. The van der Waals surface area contributed by atoms with Gasteiger partial charge in [0.2, 0.25) is 0 Å². The Bertz CT molecular complexity index is 525. The fourth-order valence-electron chi connectivity index (χ4n) is 3.28. The van der Waals surface area contributed by atoms with E-state index in [-0.39, 0.29) is 6.09 Å². The number of carbonyl (C=O) groups excluding carboxylic acids is 1. The van der Waals surface area contributed by atoms with Crippen molar-refractivity contribution in [2.45, 2.75) is 32.2 Å². The van der Waals surface area contributed by atoms with Crippen LogP contribution in [-0.4, -0.2) is 12.7 Å². The third kappa shape index (κ3) is 3.78. The van der Waals surface area contributed by atoms with Crippen molar-refractivity contribution in [3.8, 4) is 11.8 Å². The van der Waals surface area contributed by atoms with Gasteiger partial charge < -0.3 is 10.1 Å². The van der Waals surface area contributed by atoms with Crippen LogP contribution in [0.1, 0.15) is 31.2 Å². The van der Waals surface area contributed by atoms with Gasteiger partial charge in [0, 0.05) is 19.4 Å². The third-order valence-corrected chi connectivity index (χ3v) is 4.53. The summed E-state index contributed by atoms with van der Waals surface area (Å²) in [4.78, 5) is 11.7. The zero-order chi connectivity index (χ0) is 14.5. The highest BCUT2D eigenvalue weighted by molar-refractivity contribution is 5.67. The van der Waals surface area contributed by atoms with E-state index in [4.69, 9.17) is 4.74 Å². The van der Waals surface area contributed by atoms with Crippen molar-refractivity contribution in [3.63, 3.8) is 0 Å². The fraction of sp³-hybridized carbons (Fsp3) is 0.500. The lowest BCUT2D eigenvalue weighted by Crippen LogP contribution is -2.24. The van der Waals surface area contributed by atoms with Gasteiger partial charge in [0.25, 0.3) is 0 Å². The predicted molar refractivity (Wildman–Crippen MR) is 81.3 cm³/mol. The van der Waals surface area contributed by atoms with Crippen LogP contribution in [0.3, 0.4) is 0 Å². The molecule has 1 amide bonds. The van der Waals surface area contributed by atoms with E-state index in [1.165, 1.54) is 0 Å². The molecular formula is C18H21NO2. The molecule has 3 heteroatoms. The lowest BCUT2D eigenvalue weighted by atomic mass is 10.1. The first kappa shape index (κ1) is 14.0. The fourth-order valence-corrected chi connectivity index (χ4v) is 3.28. The standard InChI is InChI=1S/C18H21NO2/c20-18(19-12-14-8-4-3-5-9-14)21-13-17-15-10-6-1-2-7-11-16(15)17/h3-5,8-9,15-17H,6-7,10-13H2,(H,19,20)/t15-,16+,17?. The Labute approximate surface area is 126 Å². The Morgan fingerprint density at radius 2 is 1.81 bits per heavy atom. The summed E-state index contributed by atoms with van der Waals surface area (Å²) in [6.45, 7) is 1.07. The van der Waals surface area contributed by atoms with Gasteiger partial charge in [-0.05, 0) is 36.2 Å². The molecule has 1 unspecified atom stereocenters. The highest BCUT2D eigenvalue weighted by Crippen LogP contribution is 2.52. The monoisotopic (exact) mass is 283 g/mol. The van der Waals surface area contributed by atoms with Crippen molar-refractivity contribution in [2.24, 2.45) is 17.8 Å². The van der Waals surface area contributed by atoms with Gasteiger partial charge in [-0.1, -0.05) is 30.3 Å². The first-order valence-corrected chi connectivity index (χ1v) is 7.75. The molecule has 0 spiro atoms. The first-order valence-electron chi connectivity index (χ1n) is 7.75. The van der Waals surface area contributed by atoms with E-state index in [0.717, 1.165) is 43.1 Å². The van der Waals surface area contributed by atoms with E-state index >= 15 is 0 Å². The number of benzene rings is 1. The topological polar surface area (TPSA) is 38.3 Å². The number of hydrogen-bond donors (Lipinski definition) is 1. The molecular weight excluding hydrogens is 262 g/mol. The van der Waals surface area contributed by atoms with Crippen LogP contribution >= 0.6 is 0 Å². The van der Waals surface area contributed by atoms with Gasteiger partial charge >= 0.3 is 6.09 Å². The lowest BCUT2D eigenvalue weighted by Gasteiger charge is -2.07. The van der Waals surface area contributed by atoms with Crippen LogP contribution in [0.2, 0.25) is 0 Å². The lowest BCUT2D eigenvalue weighted by molar-refractivity contribution is 0.137. The number of carbonyl (C=O) groups is 1. The normalized spacial score (nSPS) is 26.4. The quantitative estimate of drug-likeness (QED) is 0.861. The van der Waals surface area contributed by atoms with Gasteiger partial charge in [0.05, 0.1) is 6.61 Å². The number of ether oxygens (including phenoxy) is 1. The summed E-state index contributed by atoms with van der Waals surface area (Å²) in [7, 11) is 0. The summed E-state index contributed by atoms with van der Waals surface area (Å²) in [5, 5.41) is 2.80. The highest BCUT2D eigenvalue weighted by Gasteiger charge is 2.49. The Hall–Kier alpha value is -1.95. The first-order chi connectivity index (χ1) is 10.3. The number of alkyl carbamates (subject to hydrolysis) is 1. The molecule has 3 rings (SSSR count). The van der Waals surface area contributed by atoms with E-state index in [2.05, 4.69) is 17.2 Å². The smallest absolute Gasteiger partial charge is 0.407 e. The van der Waals surface area contributed by atoms with Gasteiger partial charge in [0.1, 0.15) is 0 Å². The second-order valence-corrected chi connectivity index (χ2v) is 5.86. The van der Waals surface area contributed by atoms with E-state index < -0.39 is 0 Å². The van der Waals surface area contributed by atoms with Crippen molar-refractivity contribution in [2.75, 3.05) is 6.61 Å². The van der Waals surface area contributed by atoms with Crippen molar-refractivity contribution >= 4 is 6.09 Å².